The lowest BCUT2D eigenvalue weighted by Crippen LogP contribution is -2.33. The first kappa shape index (κ1) is 20.4. The maximum absolute atomic E-state index is 9.10. The van der Waals surface area contributed by atoms with Gasteiger partial charge in [0, 0.05) is 6.54 Å². The number of aromatic nitrogens is 4. The summed E-state index contributed by atoms with van der Waals surface area (Å²) in [5, 5.41) is 25.3. The molecule has 0 spiro atoms. The Hall–Kier alpha value is -2.30. The van der Waals surface area contributed by atoms with Crippen molar-refractivity contribution in [3.63, 3.8) is 0 Å². The van der Waals surface area contributed by atoms with Gasteiger partial charge in [-0.2, -0.15) is 5.26 Å². The molecule has 7 nitrogen and oxygen atoms in total. The smallest absolute Gasteiger partial charge is 0.172 e. The van der Waals surface area contributed by atoms with E-state index in [-0.39, 0.29) is 6.04 Å². The normalized spacial score (nSPS) is 20.6. The van der Waals surface area contributed by atoms with Crippen molar-refractivity contribution in [2.45, 2.75) is 58.0 Å². The number of benzene rings is 1. The minimum atomic E-state index is -0.0853. The van der Waals surface area contributed by atoms with Crippen LogP contribution in [0.25, 0.3) is 0 Å². The fraction of sp³-hybridized carbons (Fsp3) is 0.619. The summed E-state index contributed by atoms with van der Waals surface area (Å²) >= 11 is 0. The lowest BCUT2D eigenvalue weighted by Gasteiger charge is -2.30. The second kappa shape index (κ2) is 10.3. The molecular weight excluding hydrogens is 350 g/mol. The molecule has 1 aromatic carbocycles. The van der Waals surface area contributed by atoms with Crippen molar-refractivity contribution in [2.24, 2.45) is 17.6 Å². The predicted molar refractivity (Wildman–Crippen MR) is 108 cm³/mol. The molecule has 1 saturated carbocycles. The van der Waals surface area contributed by atoms with Crippen LogP contribution < -0.4 is 11.1 Å². The van der Waals surface area contributed by atoms with E-state index in [0.717, 1.165) is 43.9 Å². The zero-order valence-corrected chi connectivity index (χ0v) is 16.7. The summed E-state index contributed by atoms with van der Waals surface area (Å²) in [5.74, 6) is 2.11. The lowest BCUT2D eigenvalue weighted by molar-refractivity contribution is 0.259. The van der Waals surface area contributed by atoms with Gasteiger partial charge < -0.3 is 11.1 Å². The minimum Gasteiger partial charge on any atom is -0.330 e. The van der Waals surface area contributed by atoms with Gasteiger partial charge in [-0.3, -0.25) is 0 Å². The monoisotopic (exact) mass is 381 g/mol. The summed E-state index contributed by atoms with van der Waals surface area (Å²) in [6.07, 6.45) is 7.07. The highest BCUT2D eigenvalue weighted by atomic mass is 15.5. The van der Waals surface area contributed by atoms with Crippen LogP contribution in [0.4, 0.5) is 0 Å². The Morgan fingerprint density at radius 3 is 2.79 bits per heavy atom. The Kier molecular flexibility index (Phi) is 7.52. The molecule has 1 aromatic heterocycles. The van der Waals surface area contributed by atoms with Gasteiger partial charge in [-0.25, -0.2) is 4.68 Å². The van der Waals surface area contributed by atoms with Crippen LogP contribution in [0.3, 0.4) is 0 Å². The molecule has 0 aliphatic heterocycles. The van der Waals surface area contributed by atoms with Crippen molar-refractivity contribution in [1.29, 1.82) is 5.26 Å². The third-order valence-corrected chi connectivity index (χ3v) is 5.75. The number of nitrogens with one attached hydrogen (secondary N) is 1. The molecule has 1 heterocycles. The lowest BCUT2D eigenvalue weighted by atomic mass is 9.81. The van der Waals surface area contributed by atoms with Gasteiger partial charge in [-0.15, -0.1) is 5.10 Å². The van der Waals surface area contributed by atoms with Gasteiger partial charge in [0.25, 0.3) is 0 Å². The zero-order chi connectivity index (χ0) is 19.8. The maximum atomic E-state index is 9.10. The van der Waals surface area contributed by atoms with Gasteiger partial charge in [-0.05, 0) is 78.7 Å². The first-order valence-electron chi connectivity index (χ1n) is 10.4. The molecule has 1 aliphatic carbocycles. The van der Waals surface area contributed by atoms with Gasteiger partial charge in [0.15, 0.2) is 5.82 Å². The predicted octanol–water partition coefficient (Wildman–Crippen LogP) is 2.79. The quantitative estimate of drug-likeness (QED) is 0.692. The van der Waals surface area contributed by atoms with Crippen LogP contribution >= 0.6 is 0 Å². The standard InChI is InChI=1S/C21H31N7/c1-2-3-11-28-21(25-26-27-28)20(19-9-7-16(13-22)8-10-19)24-15-18-6-4-5-17(12-18)14-23/h7-10,17-18,20,24H,2-6,11-12,14-15,23H2,1H3. The Bertz CT molecular complexity index is 762. The third kappa shape index (κ3) is 5.15. The van der Waals surface area contributed by atoms with Crippen molar-refractivity contribution in [3.8, 4) is 6.07 Å². The second-order valence-electron chi connectivity index (χ2n) is 7.82. The van der Waals surface area contributed by atoms with Crippen LogP contribution in [-0.4, -0.2) is 33.3 Å². The summed E-state index contributed by atoms with van der Waals surface area (Å²) in [4.78, 5) is 0. The van der Waals surface area contributed by atoms with E-state index in [9.17, 15) is 0 Å². The highest BCUT2D eigenvalue weighted by molar-refractivity contribution is 5.34. The van der Waals surface area contributed by atoms with E-state index in [2.05, 4.69) is 33.8 Å². The molecule has 3 rings (SSSR count). The Balaban J connectivity index is 1.78. The van der Waals surface area contributed by atoms with E-state index in [0.29, 0.717) is 17.4 Å². The van der Waals surface area contributed by atoms with Crippen LogP contribution in [0.15, 0.2) is 24.3 Å². The first-order valence-corrected chi connectivity index (χ1v) is 10.4. The van der Waals surface area contributed by atoms with Gasteiger partial charge in [-0.1, -0.05) is 31.9 Å². The van der Waals surface area contributed by atoms with Crippen molar-refractivity contribution >= 4 is 0 Å². The molecule has 150 valence electrons. The van der Waals surface area contributed by atoms with Crippen molar-refractivity contribution < 1.29 is 0 Å². The van der Waals surface area contributed by atoms with Crippen LogP contribution in [-0.2, 0) is 6.54 Å². The Morgan fingerprint density at radius 2 is 2.07 bits per heavy atom. The van der Waals surface area contributed by atoms with Crippen LogP contribution in [0, 0.1) is 23.2 Å². The average molecular weight is 382 g/mol. The zero-order valence-electron chi connectivity index (χ0n) is 16.7. The van der Waals surface area contributed by atoms with Crippen LogP contribution in [0.2, 0.25) is 0 Å². The van der Waals surface area contributed by atoms with E-state index >= 15 is 0 Å². The first-order chi connectivity index (χ1) is 13.7. The van der Waals surface area contributed by atoms with E-state index < -0.39 is 0 Å². The van der Waals surface area contributed by atoms with E-state index in [1.54, 1.807) is 0 Å². The number of tetrazole rings is 1. The largest absolute Gasteiger partial charge is 0.330 e. The van der Waals surface area contributed by atoms with Gasteiger partial charge in [0.05, 0.1) is 17.7 Å². The van der Waals surface area contributed by atoms with Crippen LogP contribution in [0.5, 0.6) is 0 Å². The molecule has 28 heavy (non-hydrogen) atoms. The molecule has 3 N–H and O–H groups in total. The number of aryl methyl sites for hydroxylation is 1. The molecule has 0 amide bonds. The van der Waals surface area contributed by atoms with E-state index in [4.69, 9.17) is 11.0 Å². The Labute approximate surface area is 167 Å². The van der Waals surface area contributed by atoms with E-state index in [1.165, 1.54) is 25.7 Å². The summed E-state index contributed by atoms with van der Waals surface area (Å²) in [6.45, 7) is 4.68. The number of nitrogens with zero attached hydrogens (tertiary/aromatic N) is 5. The highest BCUT2D eigenvalue weighted by Gasteiger charge is 2.25. The second-order valence-corrected chi connectivity index (χ2v) is 7.82. The molecule has 3 atom stereocenters. The number of hydrogen-bond acceptors (Lipinski definition) is 6. The summed E-state index contributed by atoms with van der Waals surface area (Å²) in [6, 6.07) is 9.81. The third-order valence-electron chi connectivity index (χ3n) is 5.75. The number of rotatable bonds is 9. The maximum Gasteiger partial charge on any atom is 0.172 e. The number of unbranched alkanes of at least 4 members (excludes halogenated alkanes) is 1. The molecule has 0 radical (unpaired) electrons. The minimum absolute atomic E-state index is 0.0853. The molecule has 1 fully saturated rings. The van der Waals surface area contributed by atoms with Crippen molar-refractivity contribution in [1.82, 2.24) is 25.5 Å². The van der Waals surface area contributed by atoms with Crippen LogP contribution in [0.1, 0.15) is 68.4 Å². The van der Waals surface area contributed by atoms with Gasteiger partial charge >= 0.3 is 0 Å². The van der Waals surface area contributed by atoms with Gasteiger partial charge in [0.1, 0.15) is 0 Å². The van der Waals surface area contributed by atoms with Gasteiger partial charge in [0.2, 0.25) is 0 Å². The van der Waals surface area contributed by atoms with Crippen molar-refractivity contribution in [2.75, 3.05) is 13.1 Å². The molecule has 0 saturated heterocycles. The summed E-state index contributed by atoms with van der Waals surface area (Å²) in [5.41, 5.74) is 7.65. The number of hydrogen-bond donors (Lipinski definition) is 2. The molecular formula is C21H31N7. The molecule has 7 heteroatoms. The highest BCUT2D eigenvalue weighted by Crippen LogP contribution is 2.29. The summed E-state index contributed by atoms with van der Waals surface area (Å²) < 4.78 is 1.91. The number of nitriles is 1. The fourth-order valence-corrected chi connectivity index (χ4v) is 4.08. The SMILES string of the molecule is CCCCn1nnnc1C(NCC1CCCC(CN)C1)c1ccc(C#N)cc1. The molecule has 3 unspecified atom stereocenters. The average Bonchev–Trinajstić information content (AvgIpc) is 3.21. The van der Waals surface area contributed by atoms with E-state index in [1.807, 2.05) is 28.9 Å². The van der Waals surface area contributed by atoms with Crippen molar-refractivity contribution in [3.05, 3.63) is 41.2 Å². The fourth-order valence-electron chi connectivity index (χ4n) is 4.08. The summed E-state index contributed by atoms with van der Waals surface area (Å²) in [7, 11) is 0. The Morgan fingerprint density at radius 1 is 1.29 bits per heavy atom. The molecule has 0 bridgehead atoms. The molecule has 2 aromatic rings. The number of nitrogens with two attached hydrogens (primary N) is 1. The molecule has 1 aliphatic rings. The topological polar surface area (TPSA) is 105 Å².